The van der Waals surface area contributed by atoms with E-state index in [4.69, 9.17) is 0 Å². The summed E-state index contributed by atoms with van der Waals surface area (Å²) in [5, 5.41) is 29.5. The fourth-order valence-electron chi connectivity index (χ4n) is 4.32. The number of hydrogen-bond donors (Lipinski definition) is 8. The number of unbranched alkanes of at least 4 members (excludes halogenated alkanes) is 1. The van der Waals surface area contributed by atoms with E-state index in [-0.39, 0.29) is 42.7 Å². The van der Waals surface area contributed by atoms with Crippen LogP contribution >= 0.6 is 15.2 Å². The van der Waals surface area contributed by atoms with Gasteiger partial charge in [-0.05, 0) is 79.3 Å². The van der Waals surface area contributed by atoms with Crippen molar-refractivity contribution in [2.24, 2.45) is 0 Å². The minimum atomic E-state index is -5.47. The molecule has 0 radical (unpaired) electrons. The maximum atomic E-state index is 11.4. The average Bonchev–Trinajstić information content (AvgIpc) is 2.77. The van der Waals surface area contributed by atoms with Crippen molar-refractivity contribution in [3.05, 3.63) is 53.6 Å². The third-order valence-electron chi connectivity index (χ3n) is 6.32. The van der Waals surface area contributed by atoms with Crippen LogP contribution in [0.4, 0.5) is 5.69 Å². The second-order valence-corrected chi connectivity index (χ2v) is 12.7. The van der Waals surface area contributed by atoms with Crippen molar-refractivity contribution in [1.29, 1.82) is 0 Å². The number of anilines is 1. The minimum Gasteiger partial charge on any atom is -0.508 e. The zero-order chi connectivity index (χ0) is 26.4. The monoisotopic (exact) mass is 531 g/mol. The molecule has 0 aliphatic rings. The molecule has 8 N–H and O–H groups in total. The van der Waals surface area contributed by atoms with E-state index >= 15 is 0 Å². The molecule has 0 spiro atoms. The quantitative estimate of drug-likeness (QED) is 0.105. The van der Waals surface area contributed by atoms with E-state index in [1.54, 1.807) is 18.2 Å². The summed E-state index contributed by atoms with van der Waals surface area (Å²) in [6.45, 7) is 4.41. The topological polar surface area (TPSA) is 188 Å². The Kier molecular flexibility index (Phi) is 9.96. The number of nitrogens with one attached hydrogen (secondary N) is 1. The maximum absolute atomic E-state index is 11.4. The molecule has 196 valence electrons. The highest BCUT2D eigenvalue weighted by atomic mass is 31.2. The summed E-state index contributed by atoms with van der Waals surface area (Å²) in [6, 6.07) is 12.4. The molecule has 0 bridgehead atoms. The third kappa shape index (κ3) is 7.08. The molecule has 0 saturated carbocycles. The van der Waals surface area contributed by atoms with E-state index < -0.39 is 26.7 Å². The maximum Gasteiger partial charge on any atom is 0.369 e. The highest BCUT2D eigenvalue weighted by molar-refractivity contribution is 7.72. The first kappa shape index (κ1) is 29.3. The lowest BCUT2D eigenvalue weighted by Gasteiger charge is -2.29. The third-order valence-corrected chi connectivity index (χ3v) is 10.2. The summed E-state index contributed by atoms with van der Waals surface area (Å²) in [6.07, 6.45) is 1.09. The Hall–Kier alpha value is -1.90. The van der Waals surface area contributed by atoms with Gasteiger partial charge in [-0.2, -0.15) is 0 Å². The van der Waals surface area contributed by atoms with Crippen LogP contribution in [0.1, 0.15) is 68.9 Å². The number of hydrogen-bond acceptors (Lipinski definition) is 6. The van der Waals surface area contributed by atoms with Crippen LogP contribution in [-0.2, 0) is 9.13 Å². The SMILES string of the molecule is CCC(c1ccc(O)cc1)C(CC)c1ccc(O)c(NCCCCC(O)(P(=O)(O)O)P(=O)(O)O)c1. The second kappa shape index (κ2) is 11.9. The first-order valence-electron chi connectivity index (χ1n) is 11.4. The smallest absolute Gasteiger partial charge is 0.369 e. The van der Waals surface area contributed by atoms with E-state index in [1.165, 1.54) is 0 Å². The van der Waals surface area contributed by atoms with Crippen LogP contribution in [0.15, 0.2) is 42.5 Å². The zero-order valence-corrected chi connectivity index (χ0v) is 21.6. The van der Waals surface area contributed by atoms with Crippen molar-refractivity contribution in [3.8, 4) is 11.5 Å². The van der Waals surface area contributed by atoms with Crippen molar-refractivity contribution in [2.75, 3.05) is 11.9 Å². The van der Waals surface area contributed by atoms with Gasteiger partial charge in [0, 0.05) is 6.54 Å². The number of phenolic OH excluding ortho intramolecular Hbond substituents is 2. The highest BCUT2D eigenvalue weighted by Gasteiger charge is 2.58. The van der Waals surface area contributed by atoms with Crippen LogP contribution in [0, 0.1) is 0 Å². The molecule has 0 fully saturated rings. The molecular weight excluding hydrogens is 496 g/mol. The first-order chi connectivity index (χ1) is 16.2. The number of benzene rings is 2. The first-order valence-corrected chi connectivity index (χ1v) is 14.7. The van der Waals surface area contributed by atoms with Gasteiger partial charge >= 0.3 is 15.2 Å². The van der Waals surface area contributed by atoms with Gasteiger partial charge in [0.05, 0.1) is 5.69 Å². The van der Waals surface area contributed by atoms with Gasteiger partial charge in [0.25, 0.3) is 5.08 Å². The Balaban J connectivity index is 2.10. The summed E-state index contributed by atoms with van der Waals surface area (Å²) in [4.78, 5) is 36.9. The summed E-state index contributed by atoms with van der Waals surface area (Å²) in [5.41, 5.74) is 2.56. The van der Waals surface area contributed by atoms with Gasteiger partial charge in [0.15, 0.2) is 0 Å². The molecule has 2 atom stereocenters. The predicted molar refractivity (Wildman–Crippen MR) is 134 cm³/mol. The molecule has 2 rings (SSSR count). The van der Waals surface area contributed by atoms with Crippen LogP contribution in [0.2, 0.25) is 0 Å². The van der Waals surface area contributed by atoms with Crippen molar-refractivity contribution in [1.82, 2.24) is 0 Å². The molecule has 0 heterocycles. The molecule has 0 aliphatic carbocycles. The van der Waals surface area contributed by atoms with Crippen LogP contribution in [0.5, 0.6) is 11.5 Å². The minimum absolute atomic E-state index is 0.0169. The fraction of sp³-hybridized carbons (Fsp3) is 0.478. The number of phenols is 2. The van der Waals surface area contributed by atoms with Crippen LogP contribution in [0.3, 0.4) is 0 Å². The van der Waals surface area contributed by atoms with Crippen LogP contribution < -0.4 is 5.32 Å². The predicted octanol–water partition coefficient (Wildman–Crippen LogP) is 4.37. The van der Waals surface area contributed by atoms with Gasteiger partial charge in [0.1, 0.15) is 11.5 Å². The van der Waals surface area contributed by atoms with Crippen molar-refractivity contribution in [3.63, 3.8) is 0 Å². The van der Waals surface area contributed by atoms with Crippen molar-refractivity contribution < 1.29 is 44.0 Å². The van der Waals surface area contributed by atoms with E-state index in [0.29, 0.717) is 5.69 Å². The normalized spacial score (nSPS) is 14.5. The summed E-state index contributed by atoms with van der Waals surface area (Å²) in [5.74, 6) is 0.555. The largest absolute Gasteiger partial charge is 0.508 e. The lowest BCUT2D eigenvalue weighted by molar-refractivity contribution is 0.121. The van der Waals surface area contributed by atoms with Gasteiger partial charge < -0.3 is 40.2 Å². The lowest BCUT2D eigenvalue weighted by atomic mass is 9.78. The second-order valence-electron chi connectivity index (χ2n) is 8.64. The van der Waals surface area contributed by atoms with E-state index in [1.807, 2.05) is 24.3 Å². The van der Waals surface area contributed by atoms with Crippen molar-refractivity contribution >= 4 is 20.9 Å². The molecule has 35 heavy (non-hydrogen) atoms. The lowest BCUT2D eigenvalue weighted by Crippen LogP contribution is -2.28. The Morgan fingerprint density at radius 3 is 1.86 bits per heavy atom. The molecule has 10 nitrogen and oxygen atoms in total. The summed E-state index contributed by atoms with van der Waals surface area (Å²) in [7, 11) is -10.9. The molecule has 12 heteroatoms. The van der Waals surface area contributed by atoms with E-state index in [9.17, 15) is 44.0 Å². The molecule has 2 aromatic rings. The summed E-state index contributed by atoms with van der Waals surface area (Å²) >= 11 is 0. The van der Waals surface area contributed by atoms with Crippen LogP contribution in [-0.4, -0.2) is 46.5 Å². The molecule has 0 aromatic heterocycles. The zero-order valence-electron chi connectivity index (χ0n) is 19.8. The number of aromatic hydroxyl groups is 2. The fourth-order valence-corrected chi connectivity index (χ4v) is 6.58. The average molecular weight is 531 g/mol. The molecule has 0 aliphatic heterocycles. The van der Waals surface area contributed by atoms with Gasteiger partial charge in [-0.1, -0.05) is 32.0 Å². The molecular formula is C23H35NO9P2. The molecule has 2 unspecified atom stereocenters. The number of rotatable bonds is 13. The van der Waals surface area contributed by atoms with Crippen molar-refractivity contribution in [2.45, 2.75) is 62.9 Å². The van der Waals surface area contributed by atoms with Gasteiger partial charge in [-0.15, -0.1) is 0 Å². The van der Waals surface area contributed by atoms with Gasteiger partial charge in [-0.3, -0.25) is 9.13 Å². The Morgan fingerprint density at radius 2 is 1.34 bits per heavy atom. The standard InChI is InChI=1S/C23H35NO9P2/c1-3-19(16-7-10-18(25)11-8-16)20(4-2)17-9-12-22(26)21(15-17)24-14-6-5-13-23(27,34(28,29)30)35(31,32)33/h7-12,15,19-20,24-27H,3-6,13-14H2,1-2H3,(H2,28,29,30)(H2,31,32,33). The van der Waals surface area contributed by atoms with E-state index in [2.05, 4.69) is 19.2 Å². The summed E-state index contributed by atoms with van der Waals surface area (Å²) < 4.78 is 22.9. The molecule has 0 amide bonds. The molecule has 2 aromatic carbocycles. The Labute approximate surface area is 205 Å². The van der Waals surface area contributed by atoms with Gasteiger partial charge in [-0.25, -0.2) is 0 Å². The number of aliphatic hydroxyl groups is 1. The van der Waals surface area contributed by atoms with Gasteiger partial charge in [0.2, 0.25) is 0 Å². The van der Waals surface area contributed by atoms with E-state index in [0.717, 1.165) is 24.0 Å². The Bertz CT molecular complexity index is 1040. The molecule has 0 saturated heterocycles. The Morgan fingerprint density at radius 1 is 0.829 bits per heavy atom. The van der Waals surface area contributed by atoms with Crippen LogP contribution in [0.25, 0.3) is 0 Å². The highest BCUT2D eigenvalue weighted by Crippen LogP contribution is 2.69.